The number of nitrogens with zero attached hydrogens (tertiary/aromatic N) is 5. The number of hydrogen-bond acceptors (Lipinski definition) is 6. The molecule has 7 nitrogen and oxygen atoms in total. The van der Waals surface area contributed by atoms with E-state index in [9.17, 15) is 10.1 Å². The summed E-state index contributed by atoms with van der Waals surface area (Å²) in [6, 6.07) is 19.1. The maximum absolute atomic E-state index is 11.4. The van der Waals surface area contributed by atoms with E-state index in [1.54, 1.807) is 35.0 Å². The fourth-order valence-electron chi connectivity index (χ4n) is 3.58. The zero-order chi connectivity index (χ0) is 20.7. The molecule has 0 aliphatic heterocycles. The number of benzene rings is 2. The van der Waals surface area contributed by atoms with Gasteiger partial charge in [0.2, 0.25) is 0 Å². The summed E-state index contributed by atoms with van der Waals surface area (Å²) in [5.41, 5.74) is 11.1. The smallest absolute Gasteiger partial charge is 0.181 e. The van der Waals surface area contributed by atoms with E-state index < -0.39 is 0 Å². The monoisotopic (exact) mass is 390 g/mol. The van der Waals surface area contributed by atoms with Crippen LogP contribution < -0.4 is 5.73 Å². The van der Waals surface area contributed by atoms with Crippen molar-refractivity contribution in [1.82, 2.24) is 19.4 Å². The van der Waals surface area contributed by atoms with E-state index in [0.29, 0.717) is 23.2 Å². The Morgan fingerprint density at radius 3 is 2.77 bits per heavy atom. The largest absolute Gasteiger partial charge is 0.381 e. The first-order chi connectivity index (χ1) is 14.7. The lowest BCUT2D eigenvalue weighted by Gasteiger charge is -2.14. The van der Waals surface area contributed by atoms with Gasteiger partial charge in [-0.2, -0.15) is 5.26 Å². The molecule has 0 unspecified atom stereocenters. The topological polar surface area (TPSA) is 110 Å². The summed E-state index contributed by atoms with van der Waals surface area (Å²) in [5.74, 6) is 0.201. The van der Waals surface area contributed by atoms with Crippen molar-refractivity contribution in [3.63, 3.8) is 0 Å². The second-order valence-electron chi connectivity index (χ2n) is 6.77. The standard InChI is InChI=1S/C23H14N6O/c24-11-14-3-1-4-16(9-14)20-21(17-6-7-19-15(10-17)5-2-8-26-19)29-12-18(13-30)27-23(29)22(25)28-20/h1-10,12-13H,(H2,25,28). The zero-order valence-electron chi connectivity index (χ0n) is 15.6. The van der Waals surface area contributed by atoms with Crippen LogP contribution in [-0.4, -0.2) is 25.6 Å². The number of imidazole rings is 1. The molecule has 3 heterocycles. The van der Waals surface area contributed by atoms with Gasteiger partial charge < -0.3 is 5.73 Å². The van der Waals surface area contributed by atoms with Crippen molar-refractivity contribution >= 4 is 28.7 Å². The van der Waals surface area contributed by atoms with Gasteiger partial charge in [0.1, 0.15) is 5.69 Å². The Labute approximate surface area is 171 Å². The Kier molecular flexibility index (Phi) is 3.97. The van der Waals surface area contributed by atoms with Crippen molar-refractivity contribution in [2.75, 3.05) is 5.73 Å². The minimum Gasteiger partial charge on any atom is -0.381 e. The van der Waals surface area contributed by atoms with Crippen LogP contribution in [0.4, 0.5) is 5.82 Å². The van der Waals surface area contributed by atoms with Gasteiger partial charge in [0.15, 0.2) is 17.8 Å². The quantitative estimate of drug-likeness (QED) is 0.468. The highest BCUT2D eigenvalue weighted by Gasteiger charge is 2.19. The van der Waals surface area contributed by atoms with Gasteiger partial charge >= 0.3 is 0 Å². The van der Waals surface area contributed by atoms with Crippen LogP contribution in [0.1, 0.15) is 16.1 Å². The highest BCUT2D eigenvalue weighted by Crippen LogP contribution is 2.34. The second kappa shape index (κ2) is 6.79. The van der Waals surface area contributed by atoms with Gasteiger partial charge in [0.25, 0.3) is 0 Å². The summed E-state index contributed by atoms with van der Waals surface area (Å²) in [6.45, 7) is 0. The Balaban J connectivity index is 1.89. The summed E-state index contributed by atoms with van der Waals surface area (Å²) >= 11 is 0. The van der Waals surface area contributed by atoms with E-state index in [1.807, 2.05) is 36.4 Å². The van der Waals surface area contributed by atoms with Gasteiger partial charge in [-0.15, -0.1) is 0 Å². The van der Waals surface area contributed by atoms with Crippen LogP contribution in [0.3, 0.4) is 0 Å². The molecule has 5 rings (SSSR count). The fourth-order valence-corrected chi connectivity index (χ4v) is 3.58. The third-order valence-corrected chi connectivity index (χ3v) is 4.91. The molecule has 0 radical (unpaired) electrons. The molecule has 0 bridgehead atoms. The van der Waals surface area contributed by atoms with Crippen molar-refractivity contribution in [2.24, 2.45) is 0 Å². The van der Waals surface area contributed by atoms with Crippen molar-refractivity contribution < 1.29 is 4.79 Å². The van der Waals surface area contributed by atoms with Crippen LogP contribution >= 0.6 is 0 Å². The first kappa shape index (κ1) is 17.5. The van der Waals surface area contributed by atoms with E-state index in [-0.39, 0.29) is 11.5 Å². The van der Waals surface area contributed by atoms with Crippen LogP contribution in [0.15, 0.2) is 67.0 Å². The number of hydrogen-bond donors (Lipinski definition) is 1. The molecule has 0 aliphatic carbocycles. The molecule has 7 heteroatoms. The van der Waals surface area contributed by atoms with Crippen LogP contribution in [0.5, 0.6) is 0 Å². The summed E-state index contributed by atoms with van der Waals surface area (Å²) in [7, 11) is 0. The molecular formula is C23H14N6O. The Bertz CT molecular complexity index is 1500. The lowest BCUT2D eigenvalue weighted by molar-refractivity contribution is 0.111. The molecule has 0 saturated carbocycles. The maximum Gasteiger partial charge on any atom is 0.181 e. The van der Waals surface area contributed by atoms with Gasteiger partial charge in [0, 0.05) is 28.9 Å². The molecule has 30 heavy (non-hydrogen) atoms. The summed E-state index contributed by atoms with van der Waals surface area (Å²) in [5, 5.41) is 10.3. The number of aldehydes is 1. The van der Waals surface area contributed by atoms with Crippen molar-refractivity contribution in [2.45, 2.75) is 0 Å². The van der Waals surface area contributed by atoms with Crippen LogP contribution in [0, 0.1) is 11.3 Å². The maximum atomic E-state index is 11.4. The van der Waals surface area contributed by atoms with Crippen LogP contribution in [0.2, 0.25) is 0 Å². The zero-order valence-corrected chi connectivity index (χ0v) is 15.6. The molecule has 0 aliphatic rings. The summed E-state index contributed by atoms with van der Waals surface area (Å²) in [4.78, 5) is 24.6. The van der Waals surface area contributed by atoms with Crippen LogP contribution in [0.25, 0.3) is 39.1 Å². The third-order valence-electron chi connectivity index (χ3n) is 4.91. The number of aromatic nitrogens is 4. The molecule has 0 atom stereocenters. The average Bonchev–Trinajstić information content (AvgIpc) is 3.24. The predicted molar refractivity (Wildman–Crippen MR) is 114 cm³/mol. The Hall–Kier alpha value is -4.57. The van der Waals surface area contributed by atoms with Gasteiger partial charge in [-0.05, 0) is 30.3 Å². The third kappa shape index (κ3) is 2.75. The fraction of sp³-hybridized carbons (Fsp3) is 0. The highest BCUT2D eigenvalue weighted by atomic mass is 16.1. The number of fused-ring (bicyclic) bond motifs is 2. The van der Waals surface area contributed by atoms with E-state index in [0.717, 1.165) is 27.7 Å². The van der Waals surface area contributed by atoms with E-state index >= 15 is 0 Å². The Morgan fingerprint density at radius 1 is 1.03 bits per heavy atom. The number of carbonyl (C=O) groups excluding carboxylic acids is 1. The average molecular weight is 390 g/mol. The van der Waals surface area contributed by atoms with Gasteiger partial charge in [-0.25, -0.2) is 9.97 Å². The minimum atomic E-state index is 0.201. The molecule has 2 N–H and O–H groups in total. The lowest BCUT2D eigenvalue weighted by Crippen LogP contribution is -2.03. The number of pyridine rings is 1. The molecule has 0 spiro atoms. The first-order valence-electron chi connectivity index (χ1n) is 9.17. The highest BCUT2D eigenvalue weighted by molar-refractivity contribution is 5.90. The SMILES string of the molecule is N#Cc1cccc(-c2nc(N)c3nc(C=O)cn3c2-c2ccc3ncccc3c2)c1. The van der Waals surface area contributed by atoms with Crippen molar-refractivity contribution in [3.05, 3.63) is 78.2 Å². The van der Waals surface area contributed by atoms with Gasteiger partial charge in [0.05, 0.1) is 28.5 Å². The number of nitrogen functional groups attached to an aromatic ring is 1. The molecule has 2 aromatic carbocycles. The molecule has 3 aromatic heterocycles. The van der Waals surface area contributed by atoms with E-state index in [2.05, 4.69) is 21.0 Å². The normalized spacial score (nSPS) is 10.9. The number of nitriles is 1. The van der Waals surface area contributed by atoms with Crippen molar-refractivity contribution in [3.8, 4) is 28.6 Å². The number of carbonyl (C=O) groups is 1. The first-order valence-corrected chi connectivity index (χ1v) is 9.17. The number of rotatable bonds is 3. The van der Waals surface area contributed by atoms with Crippen LogP contribution in [-0.2, 0) is 0 Å². The second-order valence-corrected chi connectivity index (χ2v) is 6.77. The van der Waals surface area contributed by atoms with E-state index in [4.69, 9.17) is 5.73 Å². The van der Waals surface area contributed by atoms with Crippen molar-refractivity contribution in [1.29, 1.82) is 5.26 Å². The molecule has 0 saturated heterocycles. The molecule has 0 fully saturated rings. The van der Waals surface area contributed by atoms with Gasteiger partial charge in [-0.1, -0.05) is 24.3 Å². The van der Waals surface area contributed by atoms with E-state index in [1.165, 1.54) is 0 Å². The lowest BCUT2D eigenvalue weighted by atomic mass is 10.0. The molecule has 5 aromatic rings. The number of anilines is 1. The summed E-state index contributed by atoms with van der Waals surface area (Å²) < 4.78 is 1.78. The van der Waals surface area contributed by atoms with Gasteiger partial charge in [-0.3, -0.25) is 14.2 Å². The molecule has 0 amide bonds. The minimum absolute atomic E-state index is 0.201. The molecule has 142 valence electrons. The molecular weight excluding hydrogens is 376 g/mol. The number of nitrogens with two attached hydrogens (primary N) is 1. The summed E-state index contributed by atoms with van der Waals surface area (Å²) in [6.07, 6.45) is 4.06. The Morgan fingerprint density at radius 2 is 1.93 bits per heavy atom. The predicted octanol–water partition coefficient (Wildman–Crippen LogP) is 3.88.